The third-order valence-corrected chi connectivity index (χ3v) is 4.29. The van der Waals surface area contributed by atoms with Crippen LogP contribution in [0.25, 0.3) is 0 Å². The SMILES string of the molecule is CC[C@@H](N)c1ccc(Sc2ccc(C)cc2C)cn1. The summed E-state index contributed by atoms with van der Waals surface area (Å²) in [5.74, 6) is 0. The van der Waals surface area contributed by atoms with Gasteiger partial charge in [-0.2, -0.15) is 0 Å². The summed E-state index contributed by atoms with van der Waals surface area (Å²) in [5.41, 5.74) is 9.53. The molecular weight excluding hydrogens is 252 g/mol. The van der Waals surface area contributed by atoms with Crippen LogP contribution in [-0.2, 0) is 0 Å². The minimum Gasteiger partial charge on any atom is -0.323 e. The molecule has 0 saturated heterocycles. The molecule has 100 valence electrons. The Morgan fingerprint density at radius 3 is 2.58 bits per heavy atom. The van der Waals surface area contributed by atoms with E-state index in [2.05, 4.69) is 50.0 Å². The van der Waals surface area contributed by atoms with Crippen molar-refractivity contribution in [2.75, 3.05) is 0 Å². The molecule has 0 aliphatic heterocycles. The maximum atomic E-state index is 5.97. The monoisotopic (exact) mass is 272 g/mol. The number of nitrogens with two attached hydrogens (primary N) is 1. The van der Waals surface area contributed by atoms with Crippen molar-refractivity contribution in [3.63, 3.8) is 0 Å². The summed E-state index contributed by atoms with van der Waals surface area (Å²) >= 11 is 1.75. The van der Waals surface area contributed by atoms with Crippen molar-refractivity contribution < 1.29 is 0 Å². The van der Waals surface area contributed by atoms with E-state index < -0.39 is 0 Å². The Kier molecular flexibility index (Phi) is 4.61. The molecule has 2 rings (SSSR count). The standard InChI is InChI=1S/C16H20N2S/c1-4-14(17)15-7-6-13(10-18-15)19-16-8-5-11(2)9-12(16)3/h5-10,14H,4,17H2,1-3H3/t14-/m1/s1. The smallest absolute Gasteiger partial charge is 0.0571 e. The van der Waals surface area contributed by atoms with Crippen LogP contribution in [0.1, 0.15) is 36.2 Å². The van der Waals surface area contributed by atoms with Crippen LogP contribution >= 0.6 is 11.8 Å². The molecular formula is C16H20N2S. The Labute approximate surface area is 119 Å². The fourth-order valence-electron chi connectivity index (χ4n) is 1.92. The first-order chi connectivity index (χ1) is 9.10. The van der Waals surface area contributed by atoms with Gasteiger partial charge in [-0.1, -0.05) is 36.4 Å². The van der Waals surface area contributed by atoms with Gasteiger partial charge in [0.1, 0.15) is 0 Å². The minimum atomic E-state index is 0.0418. The van der Waals surface area contributed by atoms with Crippen LogP contribution in [0.4, 0.5) is 0 Å². The second-order valence-electron chi connectivity index (χ2n) is 4.80. The molecule has 2 nitrogen and oxygen atoms in total. The van der Waals surface area contributed by atoms with E-state index in [0.717, 1.165) is 17.0 Å². The van der Waals surface area contributed by atoms with Crippen LogP contribution in [0.15, 0.2) is 46.3 Å². The van der Waals surface area contributed by atoms with Crippen LogP contribution in [-0.4, -0.2) is 4.98 Å². The van der Waals surface area contributed by atoms with E-state index in [0.29, 0.717) is 0 Å². The lowest BCUT2D eigenvalue weighted by Crippen LogP contribution is -2.10. The van der Waals surface area contributed by atoms with E-state index in [-0.39, 0.29) is 6.04 Å². The van der Waals surface area contributed by atoms with Crippen molar-refractivity contribution in [2.24, 2.45) is 5.73 Å². The first-order valence-electron chi connectivity index (χ1n) is 6.56. The molecule has 19 heavy (non-hydrogen) atoms. The first-order valence-corrected chi connectivity index (χ1v) is 7.38. The molecule has 3 heteroatoms. The molecule has 0 spiro atoms. The molecule has 0 aliphatic carbocycles. The van der Waals surface area contributed by atoms with E-state index in [4.69, 9.17) is 5.73 Å². The van der Waals surface area contributed by atoms with Crippen molar-refractivity contribution >= 4 is 11.8 Å². The Bertz CT molecular complexity index is 549. The fourth-order valence-corrected chi connectivity index (χ4v) is 2.77. The van der Waals surface area contributed by atoms with E-state index in [1.54, 1.807) is 11.8 Å². The quantitative estimate of drug-likeness (QED) is 0.904. The molecule has 1 atom stereocenters. The zero-order valence-electron chi connectivity index (χ0n) is 11.7. The van der Waals surface area contributed by atoms with Gasteiger partial charge < -0.3 is 5.73 Å². The van der Waals surface area contributed by atoms with E-state index in [1.807, 2.05) is 12.3 Å². The summed E-state index contributed by atoms with van der Waals surface area (Å²) in [6, 6.07) is 10.7. The number of nitrogens with zero attached hydrogens (tertiary/aromatic N) is 1. The zero-order chi connectivity index (χ0) is 13.8. The van der Waals surface area contributed by atoms with Gasteiger partial charge in [0.25, 0.3) is 0 Å². The highest BCUT2D eigenvalue weighted by molar-refractivity contribution is 7.99. The Morgan fingerprint density at radius 1 is 1.21 bits per heavy atom. The molecule has 2 aromatic rings. The summed E-state index contributed by atoms with van der Waals surface area (Å²) in [5, 5.41) is 0. The molecule has 0 unspecified atom stereocenters. The van der Waals surface area contributed by atoms with Crippen molar-refractivity contribution in [1.82, 2.24) is 4.98 Å². The van der Waals surface area contributed by atoms with Crippen LogP contribution in [0, 0.1) is 13.8 Å². The predicted octanol–water partition coefficient (Wildman–Crippen LogP) is 4.26. The van der Waals surface area contributed by atoms with Crippen molar-refractivity contribution in [3.05, 3.63) is 53.3 Å². The molecule has 0 bridgehead atoms. The lowest BCUT2D eigenvalue weighted by molar-refractivity contribution is 0.674. The van der Waals surface area contributed by atoms with E-state index in [1.165, 1.54) is 16.0 Å². The highest BCUT2D eigenvalue weighted by atomic mass is 32.2. The minimum absolute atomic E-state index is 0.0418. The summed E-state index contributed by atoms with van der Waals surface area (Å²) in [6.07, 6.45) is 2.82. The van der Waals surface area contributed by atoms with Crippen LogP contribution in [0.2, 0.25) is 0 Å². The van der Waals surface area contributed by atoms with Crippen LogP contribution < -0.4 is 5.73 Å². The Morgan fingerprint density at radius 2 is 2.00 bits per heavy atom. The van der Waals surface area contributed by atoms with Crippen molar-refractivity contribution in [3.8, 4) is 0 Å². The highest BCUT2D eigenvalue weighted by Crippen LogP contribution is 2.30. The van der Waals surface area contributed by atoms with E-state index in [9.17, 15) is 0 Å². The maximum Gasteiger partial charge on any atom is 0.0571 e. The van der Waals surface area contributed by atoms with Gasteiger partial charge in [-0.15, -0.1) is 0 Å². The lowest BCUT2D eigenvalue weighted by atomic mass is 10.1. The number of hydrogen-bond acceptors (Lipinski definition) is 3. The zero-order valence-corrected chi connectivity index (χ0v) is 12.5. The third kappa shape index (κ3) is 3.58. The summed E-state index contributed by atoms with van der Waals surface area (Å²) in [4.78, 5) is 6.88. The van der Waals surface area contributed by atoms with Gasteiger partial charge >= 0.3 is 0 Å². The topological polar surface area (TPSA) is 38.9 Å². The number of benzene rings is 1. The number of aromatic nitrogens is 1. The Hall–Kier alpha value is -1.32. The van der Waals surface area contributed by atoms with Gasteiger partial charge in [0.15, 0.2) is 0 Å². The second-order valence-corrected chi connectivity index (χ2v) is 5.92. The normalized spacial score (nSPS) is 12.4. The second kappa shape index (κ2) is 6.22. The number of aryl methyl sites for hydroxylation is 2. The van der Waals surface area contributed by atoms with Gasteiger partial charge in [0.2, 0.25) is 0 Å². The summed E-state index contributed by atoms with van der Waals surface area (Å²) in [7, 11) is 0. The number of rotatable bonds is 4. The third-order valence-electron chi connectivity index (χ3n) is 3.14. The summed E-state index contributed by atoms with van der Waals surface area (Å²) in [6.45, 7) is 6.33. The predicted molar refractivity (Wildman–Crippen MR) is 81.5 cm³/mol. The number of hydrogen-bond donors (Lipinski definition) is 1. The average molecular weight is 272 g/mol. The molecule has 0 amide bonds. The molecule has 0 fully saturated rings. The average Bonchev–Trinajstić information content (AvgIpc) is 2.42. The fraction of sp³-hybridized carbons (Fsp3) is 0.312. The van der Waals surface area contributed by atoms with Crippen LogP contribution in [0.3, 0.4) is 0 Å². The molecule has 2 N–H and O–H groups in total. The molecule has 0 aliphatic rings. The van der Waals surface area contributed by atoms with Gasteiger partial charge in [0.05, 0.1) is 5.69 Å². The van der Waals surface area contributed by atoms with E-state index >= 15 is 0 Å². The van der Waals surface area contributed by atoms with Crippen molar-refractivity contribution in [1.29, 1.82) is 0 Å². The first kappa shape index (κ1) is 14.1. The van der Waals surface area contributed by atoms with Crippen molar-refractivity contribution in [2.45, 2.75) is 43.0 Å². The molecule has 0 radical (unpaired) electrons. The molecule has 1 heterocycles. The van der Waals surface area contributed by atoms with Crippen LogP contribution in [0.5, 0.6) is 0 Å². The molecule has 1 aromatic carbocycles. The van der Waals surface area contributed by atoms with Gasteiger partial charge in [-0.25, -0.2) is 0 Å². The maximum absolute atomic E-state index is 5.97. The molecule has 1 aromatic heterocycles. The van der Waals surface area contributed by atoms with Gasteiger partial charge in [-0.05, 0) is 44.0 Å². The molecule has 0 saturated carbocycles. The highest BCUT2D eigenvalue weighted by Gasteiger charge is 2.06. The van der Waals surface area contributed by atoms with Gasteiger partial charge in [-0.3, -0.25) is 4.98 Å². The summed E-state index contributed by atoms with van der Waals surface area (Å²) < 4.78 is 0. The largest absolute Gasteiger partial charge is 0.323 e. The Balaban J connectivity index is 2.15. The van der Waals surface area contributed by atoms with Gasteiger partial charge in [0, 0.05) is 22.0 Å². The number of pyridine rings is 1. The lowest BCUT2D eigenvalue weighted by Gasteiger charge is -2.09.